The highest BCUT2D eigenvalue weighted by atomic mass is 16.5. The monoisotopic (exact) mass is 264 g/mol. The first-order valence-corrected chi connectivity index (χ1v) is 6.40. The number of benzene rings is 1. The summed E-state index contributed by atoms with van der Waals surface area (Å²) in [6.07, 6.45) is 0. The molecule has 4 heteroatoms. The number of carboxylic acids is 1. The Kier molecular flexibility index (Phi) is 3.80. The summed E-state index contributed by atoms with van der Waals surface area (Å²) in [6, 6.07) is 7.68. The molecule has 4 nitrogen and oxygen atoms in total. The van der Waals surface area contributed by atoms with E-state index in [9.17, 15) is 4.79 Å². The first-order chi connectivity index (χ1) is 8.96. The smallest absolute Gasteiger partial charge is 0.307 e. The number of ether oxygens (including phenoxy) is 2. The molecular formula is C15H20O4. The maximum atomic E-state index is 11.0. The van der Waals surface area contributed by atoms with Crippen molar-refractivity contribution in [2.45, 2.75) is 20.5 Å². The Bertz CT molecular complexity index is 450. The van der Waals surface area contributed by atoms with E-state index in [2.05, 4.69) is 0 Å². The van der Waals surface area contributed by atoms with Crippen molar-refractivity contribution in [2.24, 2.45) is 17.3 Å². The zero-order valence-electron chi connectivity index (χ0n) is 11.6. The molecule has 0 bridgehead atoms. The molecule has 0 aliphatic heterocycles. The lowest BCUT2D eigenvalue weighted by atomic mass is 10.1. The van der Waals surface area contributed by atoms with Gasteiger partial charge in [-0.15, -0.1) is 0 Å². The topological polar surface area (TPSA) is 55.8 Å². The molecule has 0 radical (unpaired) electrons. The quantitative estimate of drug-likeness (QED) is 0.858. The van der Waals surface area contributed by atoms with E-state index >= 15 is 0 Å². The molecule has 2 atom stereocenters. The summed E-state index contributed by atoms with van der Waals surface area (Å²) in [7, 11) is 1.63. The second kappa shape index (κ2) is 5.21. The van der Waals surface area contributed by atoms with Crippen LogP contribution in [0.2, 0.25) is 0 Å². The van der Waals surface area contributed by atoms with E-state index in [1.54, 1.807) is 7.11 Å². The second-order valence-corrected chi connectivity index (χ2v) is 5.61. The third-order valence-corrected chi connectivity index (χ3v) is 4.04. The Balaban J connectivity index is 1.79. The molecule has 0 saturated heterocycles. The van der Waals surface area contributed by atoms with Gasteiger partial charge >= 0.3 is 5.97 Å². The normalized spacial score (nSPS) is 23.9. The lowest BCUT2D eigenvalue weighted by Gasteiger charge is -2.06. The van der Waals surface area contributed by atoms with Crippen molar-refractivity contribution in [3.8, 4) is 5.75 Å². The minimum Gasteiger partial charge on any atom is -0.497 e. The van der Waals surface area contributed by atoms with Crippen LogP contribution in [0.5, 0.6) is 5.75 Å². The van der Waals surface area contributed by atoms with Crippen LogP contribution in [0.15, 0.2) is 24.3 Å². The molecule has 2 rings (SSSR count). The van der Waals surface area contributed by atoms with Gasteiger partial charge in [-0.1, -0.05) is 26.0 Å². The zero-order chi connectivity index (χ0) is 14.0. The first-order valence-electron chi connectivity index (χ1n) is 6.40. The van der Waals surface area contributed by atoms with Gasteiger partial charge in [0.15, 0.2) is 0 Å². The van der Waals surface area contributed by atoms with E-state index in [1.807, 2.05) is 38.1 Å². The van der Waals surface area contributed by atoms with Crippen molar-refractivity contribution in [1.29, 1.82) is 0 Å². The van der Waals surface area contributed by atoms with Crippen LogP contribution < -0.4 is 4.74 Å². The first kappa shape index (κ1) is 13.9. The molecule has 0 heterocycles. The molecule has 1 aromatic carbocycles. The fourth-order valence-electron chi connectivity index (χ4n) is 2.57. The predicted molar refractivity (Wildman–Crippen MR) is 71.0 cm³/mol. The van der Waals surface area contributed by atoms with Crippen molar-refractivity contribution in [1.82, 2.24) is 0 Å². The van der Waals surface area contributed by atoms with Crippen LogP contribution in [0.25, 0.3) is 0 Å². The second-order valence-electron chi connectivity index (χ2n) is 5.61. The molecule has 104 valence electrons. The molecule has 1 aliphatic carbocycles. The predicted octanol–water partition coefficient (Wildman–Crippen LogP) is 2.57. The SMILES string of the molecule is COc1ccc(COCC2C(C(=O)O)C2(C)C)cc1. The number of methoxy groups -OCH3 is 1. The number of carbonyl (C=O) groups is 1. The van der Waals surface area contributed by atoms with Crippen molar-refractivity contribution in [3.05, 3.63) is 29.8 Å². The number of hydrogen-bond donors (Lipinski definition) is 1. The number of aliphatic carboxylic acids is 1. The summed E-state index contributed by atoms with van der Waals surface area (Å²) >= 11 is 0. The summed E-state index contributed by atoms with van der Waals surface area (Å²) in [6.45, 7) is 4.96. The highest BCUT2D eigenvalue weighted by Gasteiger charge is 2.61. The van der Waals surface area contributed by atoms with Gasteiger partial charge < -0.3 is 14.6 Å². The maximum absolute atomic E-state index is 11.0. The summed E-state index contributed by atoms with van der Waals surface area (Å²) in [5.74, 6) is -0.0623. The van der Waals surface area contributed by atoms with Crippen molar-refractivity contribution in [3.63, 3.8) is 0 Å². The molecule has 0 spiro atoms. The van der Waals surface area contributed by atoms with Gasteiger partial charge in [0.2, 0.25) is 0 Å². The molecule has 0 amide bonds. The van der Waals surface area contributed by atoms with Gasteiger partial charge in [-0.05, 0) is 23.1 Å². The van der Waals surface area contributed by atoms with Crippen LogP contribution in [0.3, 0.4) is 0 Å². The van der Waals surface area contributed by atoms with Crippen molar-refractivity contribution < 1.29 is 19.4 Å². The Morgan fingerprint density at radius 2 is 1.95 bits per heavy atom. The average molecular weight is 264 g/mol. The van der Waals surface area contributed by atoms with Gasteiger partial charge in [-0.3, -0.25) is 4.79 Å². The molecule has 1 aromatic rings. The Morgan fingerprint density at radius 1 is 1.32 bits per heavy atom. The van der Waals surface area contributed by atoms with E-state index in [-0.39, 0.29) is 17.3 Å². The largest absolute Gasteiger partial charge is 0.497 e. The molecular weight excluding hydrogens is 244 g/mol. The maximum Gasteiger partial charge on any atom is 0.307 e. The molecule has 0 aromatic heterocycles. The van der Waals surface area contributed by atoms with Crippen LogP contribution in [0.1, 0.15) is 19.4 Å². The van der Waals surface area contributed by atoms with E-state index in [1.165, 1.54) is 0 Å². The lowest BCUT2D eigenvalue weighted by molar-refractivity contribution is -0.139. The fourth-order valence-corrected chi connectivity index (χ4v) is 2.57. The van der Waals surface area contributed by atoms with Gasteiger partial charge in [0.1, 0.15) is 5.75 Å². The van der Waals surface area contributed by atoms with Gasteiger partial charge in [-0.25, -0.2) is 0 Å². The highest BCUT2D eigenvalue weighted by molar-refractivity contribution is 5.75. The zero-order valence-corrected chi connectivity index (χ0v) is 11.6. The molecule has 1 fully saturated rings. The van der Waals surface area contributed by atoms with Crippen LogP contribution in [0.4, 0.5) is 0 Å². The molecule has 2 unspecified atom stereocenters. The third kappa shape index (κ3) is 2.89. The summed E-state index contributed by atoms with van der Waals surface area (Å²) in [5, 5.41) is 9.06. The van der Waals surface area contributed by atoms with Gasteiger partial charge in [0, 0.05) is 5.92 Å². The Morgan fingerprint density at radius 3 is 2.42 bits per heavy atom. The summed E-state index contributed by atoms with van der Waals surface area (Å²) in [4.78, 5) is 11.0. The third-order valence-electron chi connectivity index (χ3n) is 4.04. The standard InChI is InChI=1S/C15H20O4/c1-15(2)12(13(15)14(16)17)9-19-8-10-4-6-11(18-3)7-5-10/h4-7,12-13H,8-9H2,1-3H3,(H,16,17). The van der Waals surface area contributed by atoms with E-state index in [0.29, 0.717) is 13.2 Å². The Hall–Kier alpha value is -1.55. The number of rotatable bonds is 6. The molecule has 1 aliphatic rings. The van der Waals surface area contributed by atoms with E-state index in [0.717, 1.165) is 11.3 Å². The number of hydrogen-bond acceptors (Lipinski definition) is 3. The van der Waals surface area contributed by atoms with Crippen molar-refractivity contribution >= 4 is 5.97 Å². The fraction of sp³-hybridized carbons (Fsp3) is 0.533. The average Bonchev–Trinajstić information content (AvgIpc) is 2.92. The lowest BCUT2D eigenvalue weighted by Crippen LogP contribution is -2.04. The Labute approximate surface area is 113 Å². The van der Waals surface area contributed by atoms with Gasteiger partial charge in [-0.2, -0.15) is 0 Å². The summed E-state index contributed by atoms with van der Waals surface area (Å²) in [5.41, 5.74) is 0.914. The van der Waals surface area contributed by atoms with Crippen LogP contribution in [-0.2, 0) is 16.1 Å². The van der Waals surface area contributed by atoms with Crippen LogP contribution in [-0.4, -0.2) is 24.8 Å². The summed E-state index contributed by atoms with van der Waals surface area (Å²) < 4.78 is 10.7. The highest BCUT2D eigenvalue weighted by Crippen LogP contribution is 2.58. The van der Waals surface area contributed by atoms with Crippen molar-refractivity contribution in [2.75, 3.05) is 13.7 Å². The minimum atomic E-state index is -0.719. The number of carboxylic acid groups (broad SMARTS) is 1. The van der Waals surface area contributed by atoms with E-state index in [4.69, 9.17) is 14.6 Å². The minimum absolute atomic E-state index is 0.114. The van der Waals surface area contributed by atoms with E-state index < -0.39 is 5.97 Å². The van der Waals surface area contributed by atoms with Crippen LogP contribution in [0, 0.1) is 17.3 Å². The molecule has 1 N–H and O–H groups in total. The van der Waals surface area contributed by atoms with Gasteiger partial charge in [0.25, 0.3) is 0 Å². The van der Waals surface area contributed by atoms with Crippen LogP contribution >= 0.6 is 0 Å². The molecule has 19 heavy (non-hydrogen) atoms. The molecule has 1 saturated carbocycles. The van der Waals surface area contributed by atoms with Gasteiger partial charge in [0.05, 0.1) is 26.2 Å².